The van der Waals surface area contributed by atoms with Crippen LogP contribution in [0.5, 0.6) is 0 Å². The van der Waals surface area contributed by atoms with Crippen molar-refractivity contribution < 1.29 is 8.91 Å². The summed E-state index contributed by atoms with van der Waals surface area (Å²) in [5.41, 5.74) is 0.596. The van der Waals surface area contributed by atoms with Crippen molar-refractivity contribution in [1.82, 2.24) is 4.90 Å². The van der Waals surface area contributed by atoms with Crippen molar-refractivity contribution in [2.45, 2.75) is 19.7 Å². The third kappa shape index (κ3) is 3.21. The van der Waals surface area contributed by atoms with E-state index in [0.29, 0.717) is 18.2 Å². The van der Waals surface area contributed by atoms with Crippen LogP contribution < -0.4 is 0 Å². The molecular formula is C12H17NO. The number of rotatable bonds is 4. The van der Waals surface area contributed by atoms with Gasteiger partial charge in [0.2, 0.25) is 5.91 Å². The molecular weight excluding hydrogens is 174 g/mol. The molecule has 1 amide bonds. The Morgan fingerprint density at radius 1 is 1.57 bits per heavy atom. The van der Waals surface area contributed by atoms with Crippen LogP contribution in [0, 0.1) is 0 Å². The maximum absolute atomic E-state index is 11.7. The van der Waals surface area contributed by atoms with Gasteiger partial charge in [-0.25, -0.2) is 0 Å². The standard InChI is InChI=1S/C12H17NO/c1-3-13(2)12(14)10-9-11-7-5-4-6-8-11/h4-8H,3,9-10H2,1-2H3/i4D,9D,10D. The van der Waals surface area contributed by atoms with Gasteiger partial charge < -0.3 is 4.90 Å². The quantitative estimate of drug-likeness (QED) is 0.718. The van der Waals surface area contributed by atoms with Crippen LogP contribution in [-0.2, 0) is 11.2 Å². The first-order chi connectivity index (χ1) is 7.97. The summed E-state index contributed by atoms with van der Waals surface area (Å²) in [5.74, 6) is -0.345. The normalized spacial score (nSPS) is 17.4. The van der Waals surface area contributed by atoms with E-state index in [2.05, 4.69) is 0 Å². The van der Waals surface area contributed by atoms with Crippen LogP contribution in [0.1, 0.15) is 23.0 Å². The molecule has 1 aromatic rings. The number of carbonyl (C=O) groups is 1. The largest absolute Gasteiger partial charge is 0.346 e. The molecule has 2 heteroatoms. The molecule has 76 valence electrons. The molecule has 2 unspecified atom stereocenters. The van der Waals surface area contributed by atoms with E-state index < -0.39 is 12.8 Å². The smallest absolute Gasteiger partial charge is 0.222 e. The van der Waals surface area contributed by atoms with Gasteiger partial charge in [-0.2, -0.15) is 0 Å². The molecule has 1 rings (SSSR count). The first kappa shape index (κ1) is 7.04. The van der Waals surface area contributed by atoms with Gasteiger partial charge >= 0.3 is 0 Å². The van der Waals surface area contributed by atoms with Crippen LogP contribution >= 0.6 is 0 Å². The highest BCUT2D eigenvalue weighted by Crippen LogP contribution is 2.03. The highest BCUT2D eigenvalue weighted by Gasteiger charge is 2.05. The highest BCUT2D eigenvalue weighted by atomic mass is 16.2. The van der Waals surface area contributed by atoms with Crippen LogP contribution in [0.4, 0.5) is 0 Å². The lowest BCUT2D eigenvalue weighted by atomic mass is 10.1. The molecule has 0 heterocycles. The number of aryl methyl sites for hydroxylation is 1. The summed E-state index contributed by atoms with van der Waals surface area (Å²) in [6.07, 6.45) is -2.02. The average molecular weight is 194 g/mol. The predicted molar refractivity (Wildman–Crippen MR) is 58.1 cm³/mol. The molecule has 0 aliphatic heterocycles. The van der Waals surface area contributed by atoms with Crippen molar-refractivity contribution >= 4 is 5.91 Å². The van der Waals surface area contributed by atoms with E-state index >= 15 is 0 Å². The summed E-state index contributed by atoms with van der Waals surface area (Å²) in [4.78, 5) is 13.2. The summed E-state index contributed by atoms with van der Waals surface area (Å²) in [6.45, 7) is 2.37. The van der Waals surface area contributed by atoms with Crippen LogP contribution in [0.25, 0.3) is 0 Å². The third-order valence-corrected chi connectivity index (χ3v) is 2.01. The molecule has 0 aliphatic carbocycles. The van der Waals surface area contributed by atoms with Gasteiger partial charge in [-0.05, 0) is 18.9 Å². The second-order valence-corrected chi connectivity index (χ2v) is 3.02. The number of nitrogens with zero attached hydrogens (tertiary/aromatic N) is 1. The van der Waals surface area contributed by atoms with Gasteiger partial charge in [-0.1, -0.05) is 30.3 Å². The number of hydrogen-bond acceptors (Lipinski definition) is 1. The number of amides is 1. The summed E-state index contributed by atoms with van der Waals surface area (Å²) < 4.78 is 23.0. The number of benzene rings is 1. The fraction of sp³-hybridized carbons (Fsp3) is 0.417. The molecule has 14 heavy (non-hydrogen) atoms. The lowest BCUT2D eigenvalue weighted by Gasteiger charge is -2.13. The molecule has 2 atom stereocenters. The van der Waals surface area contributed by atoms with Gasteiger partial charge in [0.25, 0.3) is 0 Å². The molecule has 0 saturated heterocycles. The van der Waals surface area contributed by atoms with E-state index in [9.17, 15) is 4.79 Å². The summed E-state index contributed by atoms with van der Waals surface area (Å²) in [6, 6.07) is 6.75. The second kappa shape index (κ2) is 5.43. The molecule has 0 spiro atoms. The zero-order valence-electron chi connectivity index (χ0n) is 11.5. The Labute approximate surface area is 89.8 Å². The maximum atomic E-state index is 11.7. The molecule has 0 aliphatic rings. The Hall–Kier alpha value is -1.31. The van der Waals surface area contributed by atoms with Crippen LogP contribution in [0.3, 0.4) is 0 Å². The van der Waals surface area contributed by atoms with Gasteiger partial charge in [0, 0.05) is 22.7 Å². The van der Waals surface area contributed by atoms with Gasteiger partial charge in [0.05, 0.1) is 1.37 Å². The lowest BCUT2D eigenvalue weighted by molar-refractivity contribution is -0.129. The van der Waals surface area contributed by atoms with Crippen LogP contribution in [0.2, 0.25) is 0 Å². The van der Waals surface area contributed by atoms with Gasteiger partial charge in [-0.3, -0.25) is 4.79 Å². The molecule has 0 aromatic heterocycles. The second-order valence-electron chi connectivity index (χ2n) is 3.02. The Bertz CT molecular complexity index is 380. The van der Waals surface area contributed by atoms with Crippen molar-refractivity contribution in [2.24, 2.45) is 0 Å². The third-order valence-electron chi connectivity index (χ3n) is 2.01. The topological polar surface area (TPSA) is 20.3 Å². The van der Waals surface area contributed by atoms with Crippen molar-refractivity contribution in [3.63, 3.8) is 0 Å². The monoisotopic (exact) mass is 194 g/mol. The fourth-order valence-corrected chi connectivity index (χ4v) is 0.961. The summed E-state index contributed by atoms with van der Waals surface area (Å²) in [5, 5.41) is 0. The first-order valence-electron chi connectivity index (χ1n) is 6.29. The minimum absolute atomic E-state index is 0.345. The zero-order chi connectivity index (χ0) is 13.0. The molecule has 0 N–H and O–H groups in total. The van der Waals surface area contributed by atoms with Crippen LogP contribution in [0.15, 0.2) is 30.3 Å². The highest BCUT2D eigenvalue weighted by molar-refractivity contribution is 5.76. The predicted octanol–water partition coefficient (Wildman–Crippen LogP) is 2.10. The van der Waals surface area contributed by atoms with Crippen molar-refractivity contribution in [1.29, 1.82) is 0 Å². The molecule has 0 radical (unpaired) electrons. The van der Waals surface area contributed by atoms with E-state index in [1.165, 1.54) is 4.90 Å². The van der Waals surface area contributed by atoms with Crippen molar-refractivity contribution in [3.8, 4) is 0 Å². The van der Waals surface area contributed by atoms with E-state index in [0.717, 1.165) is 0 Å². The number of hydrogen-bond donors (Lipinski definition) is 0. The number of carbonyl (C=O) groups excluding carboxylic acids is 1. The van der Waals surface area contributed by atoms with E-state index in [1.54, 1.807) is 31.3 Å². The Kier molecular flexibility index (Phi) is 2.73. The fourth-order valence-electron chi connectivity index (χ4n) is 0.961. The van der Waals surface area contributed by atoms with Gasteiger partial charge in [0.15, 0.2) is 0 Å². The Morgan fingerprint density at radius 3 is 2.79 bits per heavy atom. The van der Waals surface area contributed by atoms with Crippen molar-refractivity contribution in [2.75, 3.05) is 13.6 Å². The molecule has 1 aromatic carbocycles. The minimum atomic E-state index is -1.11. The van der Waals surface area contributed by atoms with E-state index in [-0.39, 0.29) is 5.91 Å². The molecule has 0 saturated carbocycles. The lowest BCUT2D eigenvalue weighted by Crippen LogP contribution is -2.26. The SMILES string of the molecule is [2H]c1ccc(C([2H])C([2H])C(=O)N(C)CC)cc1. The minimum Gasteiger partial charge on any atom is -0.346 e. The average Bonchev–Trinajstić information content (AvgIpc) is 2.36. The molecule has 2 nitrogen and oxygen atoms in total. The first-order valence-corrected chi connectivity index (χ1v) is 4.63. The van der Waals surface area contributed by atoms with Crippen molar-refractivity contribution in [3.05, 3.63) is 35.9 Å². The molecule has 0 bridgehead atoms. The maximum Gasteiger partial charge on any atom is 0.222 e. The Morgan fingerprint density at radius 2 is 2.21 bits per heavy atom. The van der Waals surface area contributed by atoms with Crippen LogP contribution in [-0.4, -0.2) is 24.4 Å². The summed E-state index contributed by atoms with van der Waals surface area (Å²) >= 11 is 0. The van der Waals surface area contributed by atoms with Gasteiger partial charge in [-0.15, -0.1) is 0 Å². The zero-order valence-corrected chi connectivity index (χ0v) is 8.53. The molecule has 0 fully saturated rings. The summed E-state index contributed by atoms with van der Waals surface area (Å²) in [7, 11) is 1.63. The van der Waals surface area contributed by atoms with Gasteiger partial charge in [0.1, 0.15) is 0 Å². The van der Waals surface area contributed by atoms with E-state index in [1.807, 2.05) is 6.92 Å². The Balaban J connectivity index is 2.79. The van der Waals surface area contributed by atoms with E-state index in [4.69, 9.17) is 4.11 Å².